The Morgan fingerprint density at radius 2 is 1.77 bits per heavy atom. The number of hydrogen-bond acceptors (Lipinski definition) is 8. The summed E-state index contributed by atoms with van der Waals surface area (Å²) in [7, 11) is 0. The van der Waals surface area contributed by atoms with Gasteiger partial charge in [0.1, 0.15) is 24.0 Å². The molecule has 2 aromatic carbocycles. The number of benzene rings is 2. The summed E-state index contributed by atoms with van der Waals surface area (Å²) in [4.78, 5) is 27.5. The lowest BCUT2D eigenvalue weighted by Crippen LogP contribution is -2.42. The maximum absolute atomic E-state index is 13.8. The third kappa shape index (κ3) is 7.67. The number of hydrogen-bond donors (Lipinski definition) is 3. The fraction of sp³-hybridized carbons (Fsp3) is 0.294. The molecule has 10 heteroatoms. The number of carbonyl (C=O) groups is 1. The van der Waals surface area contributed by atoms with Crippen molar-refractivity contribution in [2.45, 2.75) is 58.2 Å². The first-order valence-corrected chi connectivity index (χ1v) is 14.8. The summed E-state index contributed by atoms with van der Waals surface area (Å²) in [5, 5.41) is 28.1. The van der Waals surface area contributed by atoms with Gasteiger partial charge in [0.25, 0.3) is 0 Å². The van der Waals surface area contributed by atoms with Crippen LogP contribution in [-0.2, 0) is 17.9 Å². The molecule has 1 saturated carbocycles. The van der Waals surface area contributed by atoms with E-state index in [-0.39, 0.29) is 11.8 Å². The lowest BCUT2D eigenvalue weighted by atomic mass is 9.81. The molecule has 2 aromatic heterocycles. The van der Waals surface area contributed by atoms with E-state index in [0.29, 0.717) is 41.8 Å². The average Bonchev–Trinajstić information content (AvgIpc) is 3.51. The minimum absolute atomic E-state index is 0.202. The SMILES string of the molecule is C=C(C1CCCCC1)[C@@H](Nc1cc(-n2cnc(C)c2)nc(NCc2cccc(C#N)c2)n1)C(=O)NCc1ccc(C#N)cc1. The number of aryl methyl sites for hydroxylation is 1. The molecule has 2 heterocycles. The number of aromatic nitrogens is 4. The van der Waals surface area contributed by atoms with Gasteiger partial charge in [-0.3, -0.25) is 9.36 Å². The Balaban J connectivity index is 1.41. The second-order valence-corrected chi connectivity index (χ2v) is 11.0. The fourth-order valence-corrected chi connectivity index (χ4v) is 5.37. The molecule has 3 N–H and O–H groups in total. The summed E-state index contributed by atoms with van der Waals surface area (Å²) < 4.78 is 1.81. The summed E-state index contributed by atoms with van der Waals surface area (Å²) in [6, 6.07) is 19.9. The number of carbonyl (C=O) groups excluding carboxylic acids is 1. The molecule has 1 atom stereocenters. The minimum Gasteiger partial charge on any atom is -0.355 e. The predicted octanol–water partition coefficient (Wildman–Crippen LogP) is 5.56. The lowest BCUT2D eigenvalue weighted by Gasteiger charge is -2.29. The van der Waals surface area contributed by atoms with Crippen molar-refractivity contribution in [2.24, 2.45) is 5.92 Å². The molecule has 0 bridgehead atoms. The first-order chi connectivity index (χ1) is 21.4. The highest BCUT2D eigenvalue weighted by molar-refractivity contribution is 5.87. The third-order valence-electron chi connectivity index (χ3n) is 7.80. The predicted molar refractivity (Wildman–Crippen MR) is 169 cm³/mol. The Morgan fingerprint density at radius 1 is 1.00 bits per heavy atom. The monoisotopic (exact) mass is 585 g/mol. The molecule has 1 aliphatic rings. The van der Waals surface area contributed by atoms with Crippen LogP contribution < -0.4 is 16.0 Å². The minimum atomic E-state index is -0.719. The second-order valence-electron chi connectivity index (χ2n) is 11.0. The van der Waals surface area contributed by atoms with Gasteiger partial charge in [0, 0.05) is 25.4 Å². The van der Waals surface area contributed by atoms with Crippen LogP contribution >= 0.6 is 0 Å². The van der Waals surface area contributed by atoms with Crippen LogP contribution in [0.4, 0.5) is 11.8 Å². The molecule has 1 aliphatic carbocycles. The Morgan fingerprint density at radius 3 is 2.48 bits per heavy atom. The molecule has 0 radical (unpaired) electrons. The Hall–Kier alpha value is -5.48. The van der Waals surface area contributed by atoms with Crippen molar-refractivity contribution in [3.05, 3.63) is 107 Å². The average molecular weight is 586 g/mol. The number of nitrogens with one attached hydrogen (secondary N) is 3. The Bertz CT molecular complexity index is 1710. The van der Waals surface area contributed by atoms with E-state index in [1.54, 1.807) is 35.2 Å². The molecule has 0 unspecified atom stereocenters. The van der Waals surface area contributed by atoms with Gasteiger partial charge in [-0.25, -0.2) is 4.98 Å². The first-order valence-electron chi connectivity index (χ1n) is 14.8. The molecule has 0 spiro atoms. The van der Waals surface area contributed by atoms with Gasteiger partial charge in [-0.1, -0.05) is 50.1 Å². The highest BCUT2D eigenvalue weighted by Crippen LogP contribution is 2.32. The van der Waals surface area contributed by atoms with Crippen molar-refractivity contribution in [2.75, 3.05) is 10.6 Å². The smallest absolute Gasteiger partial charge is 0.247 e. The topological polar surface area (TPSA) is 144 Å². The van der Waals surface area contributed by atoms with Gasteiger partial charge in [-0.15, -0.1) is 0 Å². The summed E-state index contributed by atoms with van der Waals surface area (Å²) in [6.45, 7) is 7.04. The zero-order chi connectivity index (χ0) is 30.9. The maximum atomic E-state index is 13.8. The van der Waals surface area contributed by atoms with Crippen LogP contribution in [0, 0.1) is 35.5 Å². The molecule has 222 valence electrons. The van der Waals surface area contributed by atoms with Crippen LogP contribution in [0.5, 0.6) is 0 Å². The van der Waals surface area contributed by atoms with E-state index < -0.39 is 6.04 Å². The zero-order valence-corrected chi connectivity index (χ0v) is 24.8. The third-order valence-corrected chi connectivity index (χ3v) is 7.80. The molecule has 1 amide bonds. The van der Waals surface area contributed by atoms with Crippen LogP contribution in [0.1, 0.15) is 60.1 Å². The maximum Gasteiger partial charge on any atom is 0.247 e. The Kier molecular flexibility index (Phi) is 9.63. The van der Waals surface area contributed by atoms with Gasteiger partial charge in [0.05, 0.1) is 29.0 Å². The van der Waals surface area contributed by atoms with Crippen molar-refractivity contribution < 1.29 is 4.79 Å². The highest BCUT2D eigenvalue weighted by atomic mass is 16.2. The quantitative estimate of drug-likeness (QED) is 0.194. The number of imidazole rings is 1. The van der Waals surface area contributed by atoms with Crippen LogP contribution in [0.2, 0.25) is 0 Å². The van der Waals surface area contributed by atoms with E-state index in [1.807, 2.05) is 43.5 Å². The van der Waals surface area contributed by atoms with E-state index >= 15 is 0 Å². The summed E-state index contributed by atoms with van der Waals surface area (Å²) in [6.07, 6.45) is 8.97. The van der Waals surface area contributed by atoms with Crippen LogP contribution in [0.3, 0.4) is 0 Å². The van der Waals surface area contributed by atoms with E-state index in [9.17, 15) is 10.1 Å². The number of anilines is 2. The van der Waals surface area contributed by atoms with Crippen LogP contribution in [-0.4, -0.2) is 31.5 Å². The first kappa shape index (κ1) is 30.0. The van der Waals surface area contributed by atoms with Gasteiger partial charge in [-0.05, 0) is 66.6 Å². The van der Waals surface area contributed by atoms with Crippen molar-refractivity contribution in [3.63, 3.8) is 0 Å². The Labute approximate surface area is 257 Å². The summed E-state index contributed by atoms with van der Waals surface area (Å²) >= 11 is 0. The number of rotatable bonds is 11. The van der Waals surface area contributed by atoms with Crippen LogP contribution in [0.15, 0.2) is 79.3 Å². The molecule has 1 fully saturated rings. The fourth-order valence-electron chi connectivity index (χ4n) is 5.37. The summed E-state index contributed by atoms with van der Waals surface area (Å²) in [5.41, 5.74) is 4.63. The van der Waals surface area contributed by atoms with Crippen molar-refractivity contribution in [1.29, 1.82) is 10.5 Å². The largest absolute Gasteiger partial charge is 0.355 e. The normalized spacial score (nSPS) is 13.7. The molecule has 4 aromatic rings. The molecule has 10 nitrogen and oxygen atoms in total. The standard InChI is InChI=1S/C34H35N9O/c1-23-21-43(22-39-23)31-16-30(41-34(42-31)38-20-28-8-6-7-27(15-28)18-36)40-32(24(2)29-9-4-3-5-10-29)33(44)37-19-26-13-11-25(17-35)12-14-26/h6-8,11-16,21-22,29,32H,2-5,9-10,19-20H2,1H3,(H,37,44)(H2,38,40,41,42)/t32-/m1/s1. The summed E-state index contributed by atoms with van der Waals surface area (Å²) in [5.74, 6) is 1.43. The van der Waals surface area contributed by atoms with Gasteiger partial charge in [-0.2, -0.15) is 20.5 Å². The van der Waals surface area contributed by atoms with E-state index in [2.05, 4.69) is 39.7 Å². The molecular weight excluding hydrogens is 550 g/mol. The molecule has 44 heavy (non-hydrogen) atoms. The van der Waals surface area contributed by atoms with Gasteiger partial charge >= 0.3 is 0 Å². The molecule has 0 aliphatic heterocycles. The zero-order valence-electron chi connectivity index (χ0n) is 24.8. The van der Waals surface area contributed by atoms with Crippen molar-refractivity contribution in [1.82, 2.24) is 24.8 Å². The molecule has 5 rings (SSSR count). The second kappa shape index (κ2) is 14.1. The van der Waals surface area contributed by atoms with Gasteiger partial charge in [0.15, 0.2) is 0 Å². The molecular formula is C34H35N9O. The van der Waals surface area contributed by atoms with Crippen molar-refractivity contribution >= 4 is 17.7 Å². The van der Waals surface area contributed by atoms with Crippen molar-refractivity contribution in [3.8, 4) is 18.0 Å². The number of nitriles is 2. The van der Waals surface area contributed by atoms with Gasteiger partial charge in [0.2, 0.25) is 11.9 Å². The van der Waals surface area contributed by atoms with E-state index in [1.165, 1.54) is 6.42 Å². The highest BCUT2D eigenvalue weighted by Gasteiger charge is 2.29. The van der Waals surface area contributed by atoms with E-state index in [4.69, 9.17) is 15.2 Å². The number of amides is 1. The van der Waals surface area contributed by atoms with Gasteiger partial charge < -0.3 is 16.0 Å². The number of nitrogens with zero attached hydrogens (tertiary/aromatic N) is 6. The lowest BCUT2D eigenvalue weighted by molar-refractivity contribution is -0.121. The van der Waals surface area contributed by atoms with Crippen LogP contribution in [0.25, 0.3) is 5.82 Å². The van der Waals surface area contributed by atoms with E-state index in [0.717, 1.165) is 48.1 Å². The molecule has 0 saturated heterocycles.